The summed E-state index contributed by atoms with van der Waals surface area (Å²) in [7, 11) is 0. The van der Waals surface area contributed by atoms with Gasteiger partial charge in [-0.05, 0) is 32.9 Å². The first-order valence-electron chi connectivity index (χ1n) is 7.45. The standard InChI is InChI=1S/C17H19N3O2/c1-11-5-4-6-14(7-11)16-19-15(8-18)17(22-16)20-9-12(2)21-13(3)10-20/h4-7,12-13H,9-10H2,1-3H3/t12-,13-/m1/s1. The topological polar surface area (TPSA) is 62.3 Å². The smallest absolute Gasteiger partial charge is 0.235 e. The van der Waals surface area contributed by atoms with E-state index in [2.05, 4.69) is 11.1 Å². The van der Waals surface area contributed by atoms with E-state index in [0.717, 1.165) is 11.1 Å². The zero-order valence-electron chi connectivity index (χ0n) is 13.0. The van der Waals surface area contributed by atoms with Crippen LogP contribution >= 0.6 is 0 Å². The summed E-state index contributed by atoms with van der Waals surface area (Å²) in [5, 5.41) is 9.37. The van der Waals surface area contributed by atoms with Crippen molar-refractivity contribution in [2.24, 2.45) is 0 Å². The summed E-state index contributed by atoms with van der Waals surface area (Å²) in [4.78, 5) is 6.40. The molecule has 0 amide bonds. The normalized spacial score (nSPS) is 21.6. The highest BCUT2D eigenvalue weighted by Gasteiger charge is 2.28. The van der Waals surface area contributed by atoms with E-state index in [-0.39, 0.29) is 12.2 Å². The number of oxazole rings is 1. The van der Waals surface area contributed by atoms with Crippen molar-refractivity contribution in [2.75, 3.05) is 18.0 Å². The Balaban J connectivity index is 1.97. The van der Waals surface area contributed by atoms with Gasteiger partial charge in [0, 0.05) is 18.7 Å². The van der Waals surface area contributed by atoms with Crippen LogP contribution in [0.25, 0.3) is 11.5 Å². The number of anilines is 1. The van der Waals surface area contributed by atoms with Crippen LogP contribution in [0.5, 0.6) is 0 Å². The van der Waals surface area contributed by atoms with Gasteiger partial charge in [0.25, 0.3) is 0 Å². The lowest BCUT2D eigenvalue weighted by Crippen LogP contribution is -2.45. The molecule has 0 radical (unpaired) electrons. The van der Waals surface area contributed by atoms with Gasteiger partial charge in [-0.15, -0.1) is 0 Å². The van der Waals surface area contributed by atoms with Crippen molar-refractivity contribution in [1.29, 1.82) is 5.26 Å². The van der Waals surface area contributed by atoms with Crippen molar-refractivity contribution < 1.29 is 9.15 Å². The Morgan fingerprint density at radius 2 is 2.00 bits per heavy atom. The molecular formula is C17H19N3O2. The van der Waals surface area contributed by atoms with Gasteiger partial charge in [0.15, 0.2) is 0 Å². The lowest BCUT2D eigenvalue weighted by Gasteiger charge is -2.34. The molecule has 1 aliphatic heterocycles. The molecular weight excluding hydrogens is 278 g/mol. The Bertz CT molecular complexity index is 707. The van der Waals surface area contributed by atoms with Crippen molar-refractivity contribution in [3.8, 4) is 17.5 Å². The van der Waals surface area contributed by atoms with Crippen molar-refractivity contribution in [2.45, 2.75) is 33.0 Å². The minimum Gasteiger partial charge on any atom is -0.419 e. The molecule has 0 bridgehead atoms. The third-order valence-corrected chi connectivity index (χ3v) is 3.69. The molecule has 5 nitrogen and oxygen atoms in total. The van der Waals surface area contributed by atoms with Crippen LogP contribution in [0.3, 0.4) is 0 Å². The third kappa shape index (κ3) is 2.83. The first-order valence-corrected chi connectivity index (χ1v) is 7.45. The van der Waals surface area contributed by atoms with Crippen LogP contribution in [0.4, 0.5) is 5.88 Å². The Kier molecular flexibility index (Phi) is 3.86. The minimum absolute atomic E-state index is 0.0998. The third-order valence-electron chi connectivity index (χ3n) is 3.69. The van der Waals surface area contributed by atoms with Gasteiger partial charge >= 0.3 is 0 Å². The summed E-state index contributed by atoms with van der Waals surface area (Å²) in [6.07, 6.45) is 0.200. The molecule has 2 heterocycles. The van der Waals surface area contributed by atoms with Gasteiger partial charge in [0.05, 0.1) is 12.2 Å². The van der Waals surface area contributed by atoms with Gasteiger partial charge in [-0.1, -0.05) is 17.7 Å². The van der Waals surface area contributed by atoms with E-state index in [1.165, 1.54) is 0 Å². The van der Waals surface area contributed by atoms with E-state index in [4.69, 9.17) is 9.15 Å². The largest absolute Gasteiger partial charge is 0.419 e. The summed E-state index contributed by atoms with van der Waals surface area (Å²) in [6.45, 7) is 7.45. The molecule has 2 atom stereocenters. The molecule has 2 aromatic rings. The van der Waals surface area contributed by atoms with Gasteiger partial charge in [0.1, 0.15) is 6.07 Å². The lowest BCUT2D eigenvalue weighted by atomic mass is 10.1. The number of hydrogen-bond donors (Lipinski definition) is 0. The van der Waals surface area contributed by atoms with Gasteiger partial charge in [-0.3, -0.25) is 0 Å². The van der Waals surface area contributed by atoms with Crippen molar-refractivity contribution in [3.63, 3.8) is 0 Å². The second kappa shape index (κ2) is 5.82. The monoisotopic (exact) mass is 297 g/mol. The summed E-state index contributed by atoms with van der Waals surface area (Å²) in [5.41, 5.74) is 2.35. The van der Waals surface area contributed by atoms with Crippen LogP contribution in [0.1, 0.15) is 25.1 Å². The molecule has 1 aliphatic rings. The van der Waals surface area contributed by atoms with Crippen LogP contribution in [-0.2, 0) is 4.74 Å². The quantitative estimate of drug-likeness (QED) is 0.852. The van der Waals surface area contributed by atoms with Crippen molar-refractivity contribution in [3.05, 3.63) is 35.5 Å². The second-order valence-corrected chi connectivity index (χ2v) is 5.82. The fourth-order valence-electron chi connectivity index (χ4n) is 2.84. The summed E-state index contributed by atoms with van der Waals surface area (Å²) < 4.78 is 11.7. The molecule has 1 aromatic carbocycles. The number of ether oxygens (including phenoxy) is 1. The molecule has 22 heavy (non-hydrogen) atoms. The molecule has 1 fully saturated rings. The first kappa shape index (κ1) is 14.6. The van der Waals surface area contributed by atoms with E-state index in [0.29, 0.717) is 30.6 Å². The van der Waals surface area contributed by atoms with E-state index < -0.39 is 0 Å². The average Bonchev–Trinajstić information content (AvgIpc) is 2.90. The second-order valence-electron chi connectivity index (χ2n) is 5.82. The number of nitriles is 1. The number of aromatic nitrogens is 1. The van der Waals surface area contributed by atoms with Crippen LogP contribution in [0.15, 0.2) is 28.7 Å². The lowest BCUT2D eigenvalue weighted by molar-refractivity contribution is -0.00638. The van der Waals surface area contributed by atoms with E-state index >= 15 is 0 Å². The summed E-state index contributed by atoms with van der Waals surface area (Å²) in [5.74, 6) is 1.03. The van der Waals surface area contributed by atoms with Crippen molar-refractivity contribution >= 4 is 5.88 Å². The predicted octanol–water partition coefficient (Wildman–Crippen LogP) is 3.14. The Morgan fingerprint density at radius 3 is 2.64 bits per heavy atom. The number of benzene rings is 1. The number of morpholine rings is 1. The molecule has 5 heteroatoms. The van der Waals surface area contributed by atoms with Gasteiger partial charge in [0.2, 0.25) is 17.5 Å². The number of rotatable bonds is 2. The molecule has 0 spiro atoms. The fourth-order valence-corrected chi connectivity index (χ4v) is 2.84. The SMILES string of the molecule is Cc1cccc(-c2nc(C#N)c(N3C[C@@H](C)O[C@H](C)C3)o2)c1. The minimum atomic E-state index is 0.0998. The maximum atomic E-state index is 9.37. The van der Waals surface area contributed by atoms with E-state index in [9.17, 15) is 5.26 Å². The zero-order chi connectivity index (χ0) is 15.7. The molecule has 0 aliphatic carbocycles. The molecule has 1 saturated heterocycles. The van der Waals surface area contributed by atoms with Crippen LogP contribution < -0.4 is 4.90 Å². The molecule has 3 rings (SSSR count). The number of aryl methyl sites for hydroxylation is 1. The molecule has 114 valence electrons. The van der Waals surface area contributed by atoms with Crippen LogP contribution in [-0.4, -0.2) is 30.3 Å². The van der Waals surface area contributed by atoms with E-state index in [1.54, 1.807) is 0 Å². The molecule has 0 saturated carbocycles. The van der Waals surface area contributed by atoms with Gasteiger partial charge in [-0.25, -0.2) is 0 Å². The van der Waals surface area contributed by atoms with Crippen LogP contribution in [0.2, 0.25) is 0 Å². The number of hydrogen-bond acceptors (Lipinski definition) is 5. The zero-order valence-corrected chi connectivity index (χ0v) is 13.0. The highest BCUT2D eigenvalue weighted by Crippen LogP contribution is 2.30. The fraction of sp³-hybridized carbons (Fsp3) is 0.412. The average molecular weight is 297 g/mol. The molecule has 1 aromatic heterocycles. The van der Waals surface area contributed by atoms with Crippen LogP contribution in [0, 0.1) is 18.3 Å². The van der Waals surface area contributed by atoms with E-state index in [1.807, 2.05) is 49.9 Å². The van der Waals surface area contributed by atoms with Gasteiger partial charge < -0.3 is 14.1 Å². The van der Waals surface area contributed by atoms with Gasteiger partial charge in [-0.2, -0.15) is 10.2 Å². The Labute approximate surface area is 130 Å². The Hall–Kier alpha value is -2.32. The maximum absolute atomic E-state index is 9.37. The summed E-state index contributed by atoms with van der Waals surface area (Å²) >= 11 is 0. The first-order chi connectivity index (χ1) is 10.6. The highest BCUT2D eigenvalue weighted by atomic mass is 16.5. The molecule has 0 unspecified atom stereocenters. The highest BCUT2D eigenvalue weighted by molar-refractivity contribution is 5.60. The van der Waals surface area contributed by atoms with Crippen molar-refractivity contribution in [1.82, 2.24) is 4.98 Å². The Morgan fingerprint density at radius 1 is 1.27 bits per heavy atom. The maximum Gasteiger partial charge on any atom is 0.235 e. The number of nitrogens with zero attached hydrogens (tertiary/aromatic N) is 3. The molecule has 0 N–H and O–H groups in total. The predicted molar refractivity (Wildman–Crippen MR) is 83.6 cm³/mol. The summed E-state index contributed by atoms with van der Waals surface area (Å²) in [6, 6.07) is 10.1.